The molecule has 0 aliphatic heterocycles. The summed E-state index contributed by atoms with van der Waals surface area (Å²) in [5.74, 6) is -1.00. The van der Waals surface area contributed by atoms with Crippen LogP contribution in [0.15, 0.2) is 6.07 Å². The molecule has 1 unspecified atom stereocenters. The van der Waals surface area contributed by atoms with Gasteiger partial charge in [0.25, 0.3) is 5.91 Å². The van der Waals surface area contributed by atoms with E-state index in [0.29, 0.717) is 5.69 Å². The number of aromatic nitrogens is 2. The van der Waals surface area contributed by atoms with Crippen LogP contribution < -0.4 is 5.32 Å². The number of amides is 1. The molecule has 1 amide bonds. The highest BCUT2D eigenvalue weighted by atomic mass is 16.4. The summed E-state index contributed by atoms with van der Waals surface area (Å²) in [6.07, 6.45) is -0.120. The van der Waals surface area contributed by atoms with E-state index in [2.05, 4.69) is 10.4 Å². The van der Waals surface area contributed by atoms with Crippen molar-refractivity contribution in [3.05, 3.63) is 17.5 Å². The molecule has 0 spiro atoms. The van der Waals surface area contributed by atoms with Gasteiger partial charge in [0.2, 0.25) is 0 Å². The molecule has 118 valence electrons. The number of rotatable bonds is 6. The Balaban J connectivity index is 3.00. The smallest absolute Gasteiger partial charge is 0.305 e. The number of carboxylic acids is 1. The van der Waals surface area contributed by atoms with Crippen molar-refractivity contribution in [3.63, 3.8) is 0 Å². The highest BCUT2D eigenvalue weighted by Crippen LogP contribution is 2.22. The Labute approximate surface area is 125 Å². The van der Waals surface area contributed by atoms with Crippen molar-refractivity contribution in [2.45, 2.75) is 52.5 Å². The van der Waals surface area contributed by atoms with Crippen molar-refractivity contribution in [2.24, 2.45) is 13.0 Å². The molecule has 0 saturated carbocycles. The van der Waals surface area contributed by atoms with Crippen LogP contribution in [0, 0.1) is 5.92 Å². The minimum absolute atomic E-state index is 0.00431. The number of nitrogens with zero attached hydrogens (tertiary/aromatic N) is 2. The zero-order valence-corrected chi connectivity index (χ0v) is 13.6. The standard InChI is InChI=1S/C15H25N3O3/c1-9(2)11-7-12(18(6)17-11)14(21)16-15(5,10(3)4)8-13(19)20/h7,9-10H,8H2,1-6H3,(H,16,21)(H,19,20). The lowest BCUT2D eigenvalue weighted by Gasteiger charge is -2.33. The SMILES string of the molecule is CC(C)c1cc(C(=O)NC(C)(CC(=O)O)C(C)C)n(C)n1. The van der Waals surface area contributed by atoms with Gasteiger partial charge in [-0.1, -0.05) is 27.7 Å². The lowest BCUT2D eigenvalue weighted by Crippen LogP contribution is -2.51. The number of aliphatic carboxylic acids is 1. The van der Waals surface area contributed by atoms with Gasteiger partial charge < -0.3 is 10.4 Å². The third-order valence-corrected chi connectivity index (χ3v) is 3.91. The Morgan fingerprint density at radius 1 is 1.38 bits per heavy atom. The summed E-state index contributed by atoms with van der Waals surface area (Å²) in [7, 11) is 1.71. The molecule has 0 aliphatic rings. The number of nitrogens with one attached hydrogen (secondary N) is 1. The monoisotopic (exact) mass is 295 g/mol. The van der Waals surface area contributed by atoms with Gasteiger partial charge in [-0.05, 0) is 24.8 Å². The van der Waals surface area contributed by atoms with Crippen LogP contribution in [0.25, 0.3) is 0 Å². The topological polar surface area (TPSA) is 84.2 Å². The maximum absolute atomic E-state index is 12.4. The molecule has 1 aromatic rings. The van der Waals surface area contributed by atoms with E-state index in [9.17, 15) is 9.59 Å². The number of aryl methyl sites for hydroxylation is 1. The molecule has 1 rings (SSSR count). The highest BCUT2D eigenvalue weighted by molar-refractivity contribution is 5.93. The first-order chi connectivity index (χ1) is 9.56. The van der Waals surface area contributed by atoms with Gasteiger partial charge in [-0.15, -0.1) is 0 Å². The fourth-order valence-corrected chi connectivity index (χ4v) is 2.01. The van der Waals surface area contributed by atoms with E-state index < -0.39 is 11.5 Å². The predicted molar refractivity (Wildman–Crippen MR) is 80.3 cm³/mol. The zero-order chi connectivity index (χ0) is 16.4. The second-order valence-corrected chi connectivity index (χ2v) is 6.33. The first-order valence-corrected chi connectivity index (χ1v) is 7.15. The van der Waals surface area contributed by atoms with Crippen LogP contribution in [0.4, 0.5) is 0 Å². The molecular formula is C15H25N3O3. The first-order valence-electron chi connectivity index (χ1n) is 7.15. The molecular weight excluding hydrogens is 270 g/mol. The lowest BCUT2D eigenvalue weighted by molar-refractivity contribution is -0.138. The van der Waals surface area contributed by atoms with Gasteiger partial charge in [0.15, 0.2) is 0 Å². The Kier molecular flexibility index (Phi) is 5.15. The quantitative estimate of drug-likeness (QED) is 0.842. The molecule has 0 radical (unpaired) electrons. The second kappa shape index (κ2) is 6.28. The normalized spacial score (nSPS) is 14.3. The Morgan fingerprint density at radius 3 is 2.33 bits per heavy atom. The number of carboxylic acid groups (broad SMARTS) is 1. The highest BCUT2D eigenvalue weighted by Gasteiger charge is 2.33. The Bertz CT molecular complexity index is 534. The van der Waals surface area contributed by atoms with Crippen molar-refractivity contribution < 1.29 is 14.7 Å². The number of hydrogen-bond donors (Lipinski definition) is 2. The summed E-state index contributed by atoms with van der Waals surface area (Å²) < 4.78 is 1.53. The largest absolute Gasteiger partial charge is 0.481 e. The maximum atomic E-state index is 12.4. The zero-order valence-electron chi connectivity index (χ0n) is 13.6. The fraction of sp³-hybridized carbons (Fsp3) is 0.667. The van der Waals surface area contributed by atoms with Gasteiger partial charge in [0, 0.05) is 7.05 Å². The van der Waals surface area contributed by atoms with E-state index in [0.717, 1.165) is 5.69 Å². The minimum atomic E-state index is -0.931. The third kappa shape index (κ3) is 4.06. The summed E-state index contributed by atoms with van der Waals surface area (Å²) >= 11 is 0. The number of carbonyl (C=O) groups is 2. The van der Waals surface area contributed by atoms with E-state index >= 15 is 0 Å². The fourth-order valence-electron chi connectivity index (χ4n) is 2.01. The van der Waals surface area contributed by atoms with E-state index in [1.54, 1.807) is 20.0 Å². The summed E-state index contributed by atoms with van der Waals surface area (Å²) in [4.78, 5) is 23.5. The molecule has 1 aromatic heterocycles. The van der Waals surface area contributed by atoms with Crippen molar-refractivity contribution in [2.75, 3.05) is 0 Å². The van der Waals surface area contributed by atoms with E-state index in [-0.39, 0.29) is 24.2 Å². The average molecular weight is 295 g/mol. The van der Waals surface area contributed by atoms with Crippen molar-refractivity contribution in [1.82, 2.24) is 15.1 Å². The predicted octanol–water partition coefficient (Wildman–Crippen LogP) is 2.16. The van der Waals surface area contributed by atoms with E-state index in [1.165, 1.54) is 4.68 Å². The number of hydrogen-bond acceptors (Lipinski definition) is 3. The molecule has 0 saturated heterocycles. The molecule has 0 bridgehead atoms. The third-order valence-electron chi connectivity index (χ3n) is 3.91. The van der Waals surface area contributed by atoms with E-state index in [1.807, 2.05) is 27.7 Å². The summed E-state index contributed by atoms with van der Waals surface area (Å²) in [6.45, 7) is 9.56. The van der Waals surface area contributed by atoms with Gasteiger partial charge in [-0.2, -0.15) is 5.10 Å². The number of carbonyl (C=O) groups excluding carboxylic acids is 1. The van der Waals surface area contributed by atoms with Crippen LogP contribution >= 0.6 is 0 Å². The molecule has 1 atom stereocenters. The van der Waals surface area contributed by atoms with Crippen LogP contribution in [0.2, 0.25) is 0 Å². The van der Waals surface area contributed by atoms with Gasteiger partial charge in [0.05, 0.1) is 17.7 Å². The van der Waals surface area contributed by atoms with Crippen LogP contribution in [-0.4, -0.2) is 32.3 Å². The van der Waals surface area contributed by atoms with Gasteiger partial charge in [0.1, 0.15) is 5.69 Å². The molecule has 0 fully saturated rings. The van der Waals surface area contributed by atoms with Crippen LogP contribution in [-0.2, 0) is 11.8 Å². The molecule has 6 heteroatoms. The van der Waals surface area contributed by atoms with Gasteiger partial charge >= 0.3 is 5.97 Å². The molecule has 0 aromatic carbocycles. The summed E-state index contributed by atoms with van der Waals surface area (Å²) in [6, 6.07) is 1.75. The van der Waals surface area contributed by atoms with Crippen LogP contribution in [0.1, 0.15) is 63.1 Å². The molecule has 2 N–H and O–H groups in total. The van der Waals surface area contributed by atoms with Gasteiger partial charge in [-0.25, -0.2) is 0 Å². The minimum Gasteiger partial charge on any atom is -0.481 e. The molecule has 6 nitrogen and oxygen atoms in total. The van der Waals surface area contributed by atoms with E-state index in [4.69, 9.17) is 5.11 Å². The first kappa shape index (κ1) is 17.2. The van der Waals surface area contributed by atoms with Crippen LogP contribution in [0.3, 0.4) is 0 Å². The lowest BCUT2D eigenvalue weighted by atomic mass is 9.85. The van der Waals surface area contributed by atoms with Crippen molar-refractivity contribution in [1.29, 1.82) is 0 Å². The van der Waals surface area contributed by atoms with Crippen molar-refractivity contribution in [3.8, 4) is 0 Å². The Morgan fingerprint density at radius 2 is 1.95 bits per heavy atom. The summed E-state index contributed by atoms with van der Waals surface area (Å²) in [5.41, 5.74) is 0.480. The molecule has 1 heterocycles. The summed E-state index contributed by atoms with van der Waals surface area (Å²) in [5, 5.41) is 16.2. The average Bonchev–Trinajstić information content (AvgIpc) is 2.70. The van der Waals surface area contributed by atoms with Crippen LogP contribution in [0.5, 0.6) is 0 Å². The molecule has 0 aliphatic carbocycles. The maximum Gasteiger partial charge on any atom is 0.305 e. The molecule has 21 heavy (non-hydrogen) atoms. The van der Waals surface area contributed by atoms with Crippen molar-refractivity contribution >= 4 is 11.9 Å². The second-order valence-electron chi connectivity index (χ2n) is 6.33. The Hall–Kier alpha value is -1.85. The van der Waals surface area contributed by atoms with Gasteiger partial charge in [-0.3, -0.25) is 14.3 Å².